The Labute approximate surface area is 121 Å². The summed E-state index contributed by atoms with van der Waals surface area (Å²) in [7, 11) is 0. The zero-order chi connectivity index (χ0) is 13.8. The van der Waals surface area contributed by atoms with Gasteiger partial charge in [0.05, 0.1) is 17.0 Å². The Bertz CT molecular complexity index is 555. The Morgan fingerprint density at radius 2 is 1.74 bits per heavy atom. The second-order valence-electron chi connectivity index (χ2n) is 4.04. The minimum atomic E-state index is -0.444. The molecule has 0 aliphatic rings. The third kappa shape index (κ3) is 3.40. The van der Waals surface area contributed by atoms with Gasteiger partial charge in [-0.05, 0) is 42.3 Å². The van der Waals surface area contributed by atoms with Crippen LogP contribution in [0.5, 0.6) is 5.75 Å². The summed E-state index contributed by atoms with van der Waals surface area (Å²) in [5, 5.41) is -0.289. The zero-order valence-corrected chi connectivity index (χ0v) is 11.9. The molecule has 0 saturated heterocycles. The van der Waals surface area contributed by atoms with Crippen LogP contribution in [0.4, 0.5) is 4.39 Å². The first-order chi connectivity index (χ1) is 9.11. The highest BCUT2D eigenvalue weighted by atomic mass is 35.5. The molecule has 4 heteroatoms. The van der Waals surface area contributed by atoms with E-state index in [2.05, 4.69) is 0 Å². The van der Waals surface area contributed by atoms with Crippen LogP contribution in [-0.4, -0.2) is 6.61 Å². The van der Waals surface area contributed by atoms with Gasteiger partial charge in [0, 0.05) is 0 Å². The fourth-order valence-corrected chi connectivity index (χ4v) is 2.23. The molecule has 1 unspecified atom stereocenters. The van der Waals surface area contributed by atoms with Crippen LogP contribution in [-0.2, 0) is 0 Å². The minimum absolute atomic E-state index is 0.0779. The molecule has 0 saturated carbocycles. The van der Waals surface area contributed by atoms with Crippen LogP contribution in [0.1, 0.15) is 23.4 Å². The average molecular weight is 299 g/mol. The number of hydrogen-bond donors (Lipinski definition) is 0. The maximum Gasteiger partial charge on any atom is 0.141 e. The Hall–Kier alpha value is -1.25. The molecule has 2 aromatic carbocycles. The number of ether oxygens (including phenoxy) is 1. The van der Waals surface area contributed by atoms with Gasteiger partial charge in [-0.15, -0.1) is 11.6 Å². The molecule has 0 fully saturated rings. The van der Waals surface area contributed by atoms with Crippen molar-refractivity contribution in [3.05, 3.63) is 64.4 Å². The van der Waals surface area contributed by atoms with Gasteiger partial charge in [-0.25, -0.2) is 4.39 Å². The van der Waals surface area contributed by atoms with Crippen LogP contribution < -0.4 is 4.74 Å². The maximum atomic E-state index is 13.1. The summed E-state index contributed by atoms with van der Waals surface area (Å²) in [5.41, 5.74) is 1.67. The maximum absolute atomic E-state index is 13.1. The van der Waals surface area contributed by atoms with Gasteiger partial charge in [0.2, 0.25) is 0 Å². The van der Waals surface area contributed by atoms with Gasteiger partial charge in [-0.3, -0.25) is 0 Å². The largest absolute Gasteiger partial charge is 0.494 e. The van der Waals surface area contributed by atoms with Crippen LogP contribution in [0.15, 0.2) is 42.5 Å². The van der Waals surface area contributed by atoms with E-state index in [1.165, 1.54) is 6.07 Å². The Balaban J connectivity index is 2.22. The summed E-state index contributed by atoms with van der Waals surface area (Å²) in [6.45, 7) is 2.55. The second kappa shape index (κ2) is 6.27. The molecule has 0 aliphatic carbocycles. The van der Waals surface area contributed by atoms with Crippen molar-refractivity contribution in [2.45, 2.75) is 12.3 Å². The molecule has 0 N–H and O–H groups in total. The molecule has 1 atom stereocenters. The first kappa shape index (κ1) is 14.2. The zero-order valence-electron chi connectivity index (χ0n) is 10.4. The molecule has 0 spiro atoms. The van der Waals surface area contributed by atoms with E-state index in [1.807, 2.05) is 31.2 Å². The SMILES string of the molecule is CCOc1ccc(C(Cl)c2ccc(F)c(Cl)c2)cc1. The number of halogens is 3. The molecular weight excluding hydrogens is 286 g/mol. The second-order valence-corrected chi connectivity index (χ2v) is 4.88. The van der Waals surface area contributed by atoms with Gasteiger partial charge in [0.1, 0.15) is 11.6 Å². The molecule has 19 heavy (non-hydrogen) atoms. The van der Waals surface area contributed by atoms with E-state index < -0.39 is 5.82 Å². The number of rotatable bonds is 4. The monoisotopic (exact) mass is 298 g/mol. The third-order valence-electron chi connectivity index (χ3n) is 2.72. The first-order valence-corrected chi connectivity index (χ1v) is 6.75. The highest BCUT2D eigenvalue weighted by molar-refractivity contribution is 6.31. The Kier molecular flexibility index (Phi) is 4.67. The lowest BCUT2D eigenvalue weighted by Gasteiger charge is -2.12. The average Bonchev–Trinajstić information content (AvgIpc) is 2.42. The normalized spacial score (nSPS) is 12.2. The quantitative estimate of drug-likeness (QED) is 0.704. The highest BCUT2D eigenvalue weighted by Gasteiger charge is 2.12. The van der Waals surface area contributed by atoms with E-state index in [9.17, 15) is 4.39 Å². The molecule has 0 heterocycles. The van der Waals surface area contributed by atoms with Gasteiger partial charge in [0.15, 0.2) is 0 Å². The lowest BCUT2D eigenvalue weighted by atomic mass is 10.0. The van der Waals surface area contributed by atoms with E-state index in [4.69, 9.17) is 27.9 Å². The van der Waals surface area contributed by atoms with Crippen molar-refractivity contribution in [2.24, 2.45) is 0 Å². The molecule has 1 nitrogen and oxygen atoms in total. The molecule has 0 bridgehead atoms. The Morgan fingerprint density at radius 1 is 1.11 bits per heavy atom. The summed E-state index contributed by atoms with van der Waals surface area (Å²) in [6, 6.07) is 12.0. The molecular formula is C15H13Cl2FO. The number of alkyl halides is 1. The van der Waals surface area contributed by atoms with Gasteiger partial charge in [-0.2, -0.15) is 0 Å². The summed E-state index contributed by atoms with van der Waals surface area (Å²) in [6.07, 6.45) is 0. The summed E-state index contributed by atoms with van der Waals surface area (Å²) in [5.74, 6) is 0.355. The molecule has 2 aromatic rings. The predicted molar refractivity (Wildman–Crippen MR) is 76.7 cm³/mol. The van der Waals surface area contributed by atoms with Gasteiger partial charge in [0.25, 0.3) is 0 Å². The van der Waals surface area contributed by atoms with Crippen LogP contribution in [0, 0.1) is 5.82 Å². The van der Waals surface area contributed by atoms with Gasteiger partial charge < -0.3 is 4.74 Å². The fraction of sp³-hybridized carbons (Fsp3) is 0.200. The summed E-state index contributed by atoms with van der Waals surface area (Å²) in [4.78, 5) is 0. The van der Waals surface area contributed by atoms with Gasteiger partial charge in [-0.1, -0.05) is 29.8 Å². The molecule has 0 aromatic heterocycles. The van der Waals surface area contributed by atoms with E-state index >= 15 is 0 Å². The smallest absolute Gasteiger partial charge is 0.141 e. The molecule has 0 amide bonds. The lowest BCUT2D eigenvalue weighted by molar-refractivity contribution is 0.340. The Morgan fingerprint density at radius 3 is 2.32 bits per heavy atom. The lowest BCUT2D eigenvalue weighted by Crippen LogP contribution is -1.95. The van der Waals surface area contributed by atoms with Crippen molar-refractivity contribution in [1.29, 1.82) is 0 Å². The number of hydrogen-bond acceptors (Lipinski definition) is 1. The topological polar surface area (TPSA) is 9.23 Å². The standard InChI is InChI=1S/C15H13Cl2FO/c1-2-19-12-6-3-10(4-7-12)15(17)11-5-8-14(18)13(16)9-11/h3-9,15H,2H2,1H3. The van der Waals surface area contributed by atoms with E-state index in [0.717, 1.165) is 16.9 Å². The van der Waals surface area contributed by atoms with E-state index in [-0.39, 0.29) is 10.4 Å². The van der Waals surface area contributed by atoms with Crippen molar-refractivity contribution in [3.8, 4) is 5.75 Å². The van der Waals surface area contributed by atoms with Crippen LogP contribution in [0.2, 0.25) is 5.02 Å². The molecule has 100 valence electrons. The molecule has 0 aliphatic heterocycles. The van der Waals surface area contributed by atoms with Crippen LogP contribution in [0.3, 0.4) is 0 Å². The van der Waals surface area contributed by atoms with Crippen molar-refractivity contribution in [3.63, 3.8) is 0 Å². The van der Waals surface area contributed by atoms with Crippen LogP contribution >= 0.6 is 23.2 Å². The predicted octanol–water partition coefficient (Wildman–Crippen LogP) is 5.21. The number of benzene rings is 2. The van der Waals surface area contributed by atoms with Crippen molar-refractivity contribution in [2.75, 3.05) is 6.61 Å². The van der Waals surface area contributed by atoms with Crippen molar-refractivity contribution < 1.29 is 9.13 Å². The summed E-state index contributed by atoms with van der Waals surface area (Å²) < 4.78 is 18.5. The summed E-state index contributed by atoms with van der Waals surface area (Å²) >= 11 is 12.1. The highest BCUT2D eigenvalue weighted by Crippen LogP contribution is 2.31. The van der Waals surface area contributed by atoms with Gasteiger partial charge >= 0.3 is 0 Å². The van der Waals surface area contributed by atoms with Crippen molar-refractivity contribution >= 4 is 23.2 Å². The fourth-order valence-electron chi connectivity index (χ4n) is 1.76. The first-order valence-electron chi connectivity index (χ1n) is 5.93. The van der Waals surface area contributed by atoms with Crippen molar-refractivity contribution in [1.82, 2.24) is 0 Å². The van der Waals surface area contributed by atoms with E-state index in [0.29, 0.717) is 6.61 Å². The van der Waals surface area contributed by atoms with Crippen LogP contribution in [0.25, 0.3) is 0 Å². The molecule has 0 radical (unpaired) electrons. The third-order valence-corrected chi connectivity index (χ3v) is 3.51. The minimum Gasteiger partial charge on any atom is -0.494 e. The molecule has 2 rings (SSSR count). The van der Waals surface area contributed by atoms with E-state index in [1.54, 1.807) is 12.1 Å².